The van der Waals surface area contributed by atoms with E-state index in [0.29, 0.717) is 24.3 Å². The maximum absolute atomic E-state index is 13.1. The molecule has 0 fully saturated rings. The molecule has 0 unspecified atom stereocenters. The van der Waals surface area contributed by atoms with Crippen molar-refractivity contribution in [1.82, 2.24) is 0 Å². The van der Waals surface area contributed by atoms with Gasteiger partial charge in [-0.05, 0) is 66.6 Å². The zero-order valence-electron chi connectivity index (χ0n) is 17.1. The number of rotatable bonds is 6. The van der Waals surface area contributed by atoms with Crippen LogP contribution in [-0.2, 0) is 31.3 Å². The normalized spacial score (nSPS) is 13.5. The molecule has 0 aromatic heterocycles. The van der Waals surface area contributed by atoms with Gasteiger partial charge in [0, 0.05) is 24.8 Å². The number of amides is 1. The number of nitrogens with one attached hydrogen (secondary N) is 2. The van der Waals surface area contributed by atoms with Crippen molar-refractivity contribution < 1.29 is 21.6 Å². The molecule has 8 nitrogen and oxygen atoms in total. The fourth-order valence-corrected chi connectivity index (χ4v) is 6.08. The van der Waals surface area contributed by atoms with Crippen LogP contribution in [0.2, 0.25) is 0 Å². The Morgan fingerprint density at radius 3 is 2.06 bits per heavy atom. The number of fused-ring (bicyclic) bond motifs is 1. The summed E-state index contributed by atoms with van der Waals surface area (Å²) >= 11 is 0. The van der Waals surface area contributed by atoms with Crippen LogP contribution in [0.5, 0.6) is 0 Å². The van der Waals surface area contributed by atoms with Gasteiger partial charge in [-0.2, -0.15) is 0 Å². The number of benzene rings is 3. The van der Waals surface area contributed by atoms with Crippen molar-refractivity contribution in [2.24, 2.45) is 0 Å². The average molecular weight is 472 g/mol. The number of carbonyl (C=O) groups excluding carboxylic acids is 1. The van der Waals surface area contributed by atoms with Gasteiger partial charge in [-0.25, -0.2) is 16.8 Å². The highest BCUT2D eigenvalue weighted by Crippen LogP contribution is 2.33. The summed E-state index contributed by atoms with van der Waals surface area (Å²) in [4.78, 5) is 11.2. The van der Waals surface area contributed by atoms with Gasteiger partial charge >= 0.3 is 0 Å². The molecule has 0 bridgehead atoms. The lowest BCUT2D eigenvalue weighted by atomic mass is 10.2. The molecular formula is C22H21N3O5S2. The molecule has 32 heavy (non-hydrogen) atoms. The lowest BCUT2D eigenvalue weighted by Gasteiger charge is -2.19. The number of hydrogen-bond acceptors (Lipinski definition) is 5. The summed E-state index contributed by atoms with van der Waals surface area (Å²) in [6, 6.07) is 18.7. The lowest BCUT2D eigenvalue weighted by Crippen LogP contribution is -2.29. The number of anilines is 3. The van der Waals surface area contributed by atoms with Crippen LogP contribution in [0, 0.1) is 0 Å². The fourth-order valence-electron chi connectivity index (χ4n) is 3.51. The van der Waals surface area contributed by atoms with Gasteiger partial charge < -0.3 is 5.32 Å². The highest BCUT2D eigenvalue weighted by atomic mass is 32.2. The second-order valence-electron chi connectivity index (χ2n) is 7.29. The van der Waals surface area contributed by atoms with Crippen LogP contribution in [-0.4, -0.2) is 29.3 Å². The van der Waals surface area contributed by atoms with E-state index in [0.717, 1.165) is 5.56 Å². The summed E-state index contributed by atoms with van der Waals surface area (Å²) in [5.74, 6) is -0.258. The molecule has 3 aromatic carbocycles. The maximum Gasteiger partial charge on any atom is 0.264 e. The Kier molecular flexibility index (Phi) is 5.66. The Morgan fingerprint density at radius 2 is 1.41 bits per heavy atom. The van der Waals surface area contributed by atoms with Crippen LogP contribution in [0.4, 0.5) is 17.1 Å². The van der Waals surface area contributed by atoms with E-state index < -0.39 is 20.0 Å². The lowest BCUT2D eigenvalue weighted by molar-refractivity contribution is -0.114. The van der Waals surface area contributed by atoms with Crippen molar-refractivity contribution in [3.63, 3.8) is 0 Å². The Labute approximate surface area is 187 Å². The molecule has 4 rings (SSSR count). The molecule has 1 heterocycles. The van der Waals surface area contributed by atoms with Gasteiger partial charge in [-0.15, -0.1) is 0 Å². The van der Waals surface area contributed by atoms with Gasteiger partial charge in [0.05, 0.1) is 15.5 Å². The summed E-state index contributed by atoms with van der Waals surface area (Å²) in [5.41, 5.74) is 2.36. The Bertz CT molecular complexity index is 1370. The first kappa shape index (κ1) is 21.8. The third kappa shape index (κ3) is 4.32. The number of hydrogen-bond donors (Lipinski definition) is 2. The minimum absolute atomic E-state index is 0.0111. The van der Waals surface area contributed by atoms with Crippen LogP contribution in [0.1, 0.15) is 12.5 Å². The second kappa shape index (κ2) is 8.29. The molecule has 1 amide bonds. The van der Waals surface area contributed by atoms with Gasteiger partial charge in [0.1, 0.15) is 0 Å². The van der Waals surface area contributed by atoms with E-state index in [1.165, 1.54) is 59.8 Å². The summed E-state index contributed by atoms with van der Waals surface area (Å²) in [6.07, 6.45) is 0.647. The third-order valence-electron chi connectivity index (χ3n) is 5.02. The van der Waals surface area contributed by atoms with Gasteiger partial charge in [0.2, 0.25) is 5.91 Å². The van der Waals surface area contributed by atoms with E-state index in [-0.39, 0.29) is 21.4 Å². The Morgan fingerprint density at radius 1 is 0.812 bits per heavy atom. The molecule has 2 N–H and O–H groups in total. The Balaban J connectivity index is 1.52. The molecule has 3 aromatic rings. The first-order valence-corrected chi connectivity index (χ1v) is 12.7. The quantitative estimate of drug-likeness (QED) is 0.573. The smallest absolute Gasteiger partial charge is 0.264 e. The van der Waals surface area contributed by atoms with E-state index in [1.807, 2.05) is 12.1 Å². The van der Waals surface area contributed by atoms with Crippen LogP contribution in [0.15, 0.2) is 82.6 Å². The van der Waals surface area contributed by atoms with E-state index in [4.69, 9.17) is 0 Å². The van der Waals surface area contributed by atoms with Gasteiger partial charge in [-0.1, -0.05) is 18.2 Å². The molecule has 0 radical (unpaired) electrons. The van der Waals surface area contributed by atoms with E-state index in [2.05, 4.69) is 10.0 Å². The third-order valence-corrected chi connectivity index (χ3v) is 8.25. The summed E-state index contributed by atoms with van der Waals surface area (Å²) < 4.78 is 55.2. The molecule has 1 aliphatic rings. The van der Waals surface area contributed by atoms with Crippen LogP contribution < -0.4 is 14.3 Å². The number of sulfonamides is 2. The molecule has 10 heteroatoms. The van der Waals surface area contributed by atoms with Crippen LogP contribution in [0.25, 0.3) is 0 Å². The first-order chi connectivity index (χ1) is 15.2. The van der Waals surface area contributed by atoms with Crippen LogP contribution >= 0.6 is 0 Å². The monoisotopic (exact) mass is 471 g/mol. The fraction of sp³-hybridized carbons (Fsp3) is 0.136. The van der Waals surface area contributed by atoms with Crippen molar-refractivity contribution in [3.05, 3.63) is 78.4 Å². The predicted octanol–water partition coefficient (Wildman–Crippen LogP) is 3.20. The topological polar surface area (TPSA) is 113 Å². The Hall–Kier alpha value is -3.37. The molecule has 1 aliphatic heterocycles. The summed E-state index contributed by atoms with van der Waals surface area (Å²) in [5, 5.41) is 2.57. The number of carbonyl (C=O) groups is 1. The minimum Gasteiger partial charge on any atom is -0.326 e. The minimum atomic E-state index is -3.89. The predicted molar refractivity (Wildman–Crippen MR) is 123 cm³/mol. The molecule has 0 aliphatic carbocycles. The second-order valence-corrected chi connectivity index (χ2v) is 10.8. The largest absolute Gasteiger partial charge is 0.326 e. The van der Waals surface area contributed by atoms with Crippen molar-refractivity contribution in [2.45, 2.75) is 23.1 Å². The van der Waals surface area contributed by atoms with E-state index >= 15 is 0 Å². The summed E-state index contributed by atoms with van der Waals surface area (Å²) in [6.45, 7) is 1.73. The molecule has 0 saturated carbocycles. The van der Waals surface area contributed by atoms with Crippen molar-refractivity contribution in [3.8, 4) is 0 Å². The highest BCUT2D eigenvalue weighted by molar-refractivity contribution is 7.93. The van der Waals surface area contributed by atoms with Crippen molar-refractivity contribution in [1.29, 1.82) is 0 Å². The molecule has 166 valence electrons. The number of para-hydroxylation sites is 1. The van der Waals surface area contributed by atoms with Crippen molar-refractivity contribution >= 4 is 43.0 Å². The molecular weight excluding hydrogens is 450 g/mol. The highest BCUT2D eigenvalue weighted by Gasteiger charge is 2.30. The average Bonchev–Trinajstić information content (AvgIpc) is 3.19. The first-order valence-electron chi connectivity index (χ1n) is 9.78. The number of nitrogens with zero attached hydrogens (tertiary/aromatic N) is 1. The maximum atomic E-state index is 13.1. The van der Waals surface area contributed by atoms with Gasteiger partial charge in [0.15, 0.2) is 0 Å². The van der Waals surface area contributed by atoms with E-state index in [9.17, 15) is 21.6 Å². The molecule has 0 atom stereocenters. The van der Waals surface area contributed by atoms with Gasteiger partial charge in [-0.3, -0.25) is 13.8 Å². The zero-order chi connectivity index (χ0) is 22.9. The molecule has 0 spiro atoms. The SMILES string of the molecule is CC(=O)Nc1ccc(S(=O)(=O)Nc2ccc(S(=O)(=O)N3CCc4ccccc43)cc2)cc1. The standard InChI is InChI=1S/C22H21N3O5S2/c1-16(26)23-18-6-10-20(11-7-18)31(27,28)24-19-8-12-21(13-9-19)32(29,30)25-15-14-17-4-2-3-5-22(17)25/h2-13,24H,14-15H2,1H3,(H,23,26). The van der Waals surface area contributed by atoms with Crippen molar-refractivity contribution in [2.75, 3.05) is 20.9 Å². The van der Waals surface area contributed by atoms with E-state index in [1.54, 1.807) is 12.1 Å². The summed E-state index contributed by atoms with van der Waals surface area (Å²) in [7, 11) is -7.64. The molecule has 0 saturated heterocycles. The van der Waals surface area contributed by atoms with Gasteiger partial charge in [0.25, 0.3) is 20.0 Å². The van der Waals surface area contributed by atoms with Crippen LogP contribution in [0.3, 0.4) is 0 Å². The zero-order valence-corrected chi connectivity index (χ0v) is 18.8.